The van der Waals surface area contributed by atoms with Crippen molar-refractivity contribution in [3.63, 3.8) is 0 Å². The summed E-state index contributed by atoms with van der Waals surface area (Å²) in [5.74, 6) is 3.81. The Bertz CT molecular complexity index is 761. The van der Waals surface area contributed by atoms with Gasteiger partial charge in [0, 0.05) is 32.3 Å². The summed E-state index contributed by atoms with van der Waals surface area (Å²) in [4.78, 5) is 11.3. The van der Waals surface area contributed by atoms with Crippen LogP contribution in [0.4, 0.5) is 0 Å². The zero-order valence-electron chi connectivity index (χ0n) is 17.4. The second-order valence-corrected chi connectivity index (χ2v) is 6.94. The van der Waals surface area contributed by atoms with Gasteiger partial charge in [-0.1, -0.05) is 0 Å². The number of rotatable bonds is 10. The molecular formula is C20H31IN6O2. The molecule has 1 aliphatic carbocycles. The Morgan fingerprint density at radius 1 is 1.31 bits per heavy atom. The first kappa shape index (κ1) is 23.4. The first-order chi connectivity index (χ1) is 13.7. The number of likely N-dealkylation sites (N-methyl/N-ethyl adjacent to an activating group) is 1. The number of hydrogen-bond acceptors (Lipinski definition) is 5. The molecule has 0 radical (unpaired) electrons. The number of nitrogens with zero attached hydrogens (tertiary/aromatic N) is 4. The Labute approximate surface area is 189 Å². The Morgan fingerprint density at radius 2 is 2.07 bits per heavy atom. The van der Waals surface area contributed by atoms with E-state index in [9.17, 15) is 0 Å². The van der Waals surface area contributed by atoms with Crippen molar-refractivity contribution in [3.8, 4) is 17.1 Å². The zero-order valence-corrected chi connectivity index (χ0v) is 19.7. The molecule has 1 aromatic carbocycles. The van der Waals surface area contributed by atoms with Gasteiger partial charge in [-0.15, -0.1) is 24.0 Å². The zero-order chi connectivity index (χ0) is 19.8. The van der Waals surface area contributed by atoms with Gasteiger partial charge in [-0.05, 0) is 49.9 Å². The predicted molar refractivity (Wildman–Crippen MR) is 125 cm³/mol. The predicted octanol–water partition coefficient (Wildman–Crippen LogP) is 2.92. The van der Waals surface area contributed by atoms with Gasteiger partial charge in [0.2, 0.25) is 0 Å². The van der Waals surface area contributed by atoms with Gasteiger partial charge >= 0.3 is 0 Å². The second-order valence-electron chi connectivity index (χ2n) is 6.94. The molecule has 9 heteroatoms. The summed E-state index contributed by atoms with van der Waals surface area (Å²) >= 11 is 0. The van der Waals surface area contributed by atoms with Crippen LogP contribution in [0.5, 0.6) is 5.75 Å². The van der Waals surface area contributed by atoms with E-state index in [1.54, 1.807) is 7.11 Å². The van der Waals surface area contributed by atoms with Crippen LogP contribution < -0.4 is 10.1 Å². The summed E-state index contributed by atoms with van der Waals surface area (Å²) in [6, 6.07) is 7.67. The second kappa shape index (κ2) is 12.0. The largest absolute Gasteiger partial charge is 0.497 e. The van der Waals surface area contributed by atoms with E-state index in [0.717, 1.165) is 48.7 Å². The summed E-state index contributed by atoms with van der Waals surface area (Å²) in [6.07, 6.45) is 2.63. The molecule has 1 aliphatic rings. The van der Waals surface area contributed by atoms with Crippen molar-refractivity contribution in [2.24, 2.45) is 10.9 Å². The van der Waals surface area contributed by atoms with Gasteiger partial charge in [0.15, 0.2) is 11.8 Å². The Morgan fingerprint density at radius 3 is 2.72 bits per heavy atom. The number of H-pyrrole nitrogens is 1. The lowest BCUT2D eigenvalue weighted by atomic mass is 10.2. The van der Waals surface area contributed by atoms with Crippen LogP contribution >= 0.6 is 24.0 Å². The van der Waals surface area contributed by atoms with Gasteiger partial charge in [-0.2, -0.15) is 5.10 Å². The third-order valence-electron chi connectivity index (χ3n) is 4.58. The van der Waals surface area contributed by atoms with Crippen LogP contribution in [0.25, 0.3) is 11.4 Å². The van der Waals surface area contributed by atoms with Crippen molar-refractivity contribution < 1.29 is 9.47 Å². The van der Waals surface area contributed by atoms with E-state index >= 15 is 0 Å². The van der Waals surface area contributed by atoms with Crippen molar-refractivity contribution in [2.45, 2.75) is 26.3 Å². The number of aliphatic imine (C=N–C) groups is 1. The minimum Gasteiger partial charge on any atom is -0.497 e. The van der Waals surface area contributed by atoms with Crippen molar-refractivity contribution in [3.05, 3.63) is 30.1 Å². The quantitative estimate of drug-likeness (QED) is 0.220. The molecule has 1 heterocycles. The minimum absolute atomic E-state index is 0. The fourth-order valence-electron chi connectivity index (χ4n) is 2.70. The van der Waals surface area contributed by atoms with Crippen molar-refractivity contribution in [1.29, 1.82) is 0 Å². The van der Waals surface area contributed by atoms with Gasteiger partial charge in [0.05, 0.1) is 13.7 Å². The van der Waals surface area contributed by atoms with Gasteiger partial charge in [0.25, 0.3) is 0 Å². The highest BCUT2D eigenvalue weighted by molar-refractivity contribution is 14.0. The monoisotopic (exact) mass is 514 g/mol. The SMILES string of the molecule is CCNC(=NCc1nc(-c2ccc(OC)cc2)n[nH]1)N(C)CCOCC1CC1.I. The van der Waals surface area contributed by atoms with Gasteiger partial charge in [-0.3, -0.25) is 5.10 Å². The maximum absolute atomic E-state index is 5.73. The molecule has 0 unspecified atom stereocenters. The number of ether oxygens (including phenoxy) is 2. The summed E-state index contributed by atoms with van der Waals surface area (Å²) in [6.45, 7) is 5.68. The molecule has 1 aromatic heterocycles. The van der Waals surface area contributed by atoms with Crippen LogP contribution in [-0.4, -0.2) is 66.5 Å². The smallest absolute Gasteiger partial charge is 0.194 e. The molecule has 0 atom stereocenters. The average Bonchev–Trinajstić information content (AvgIpc) is 3.43. The number of nitrogens with one attached hydrogen (secondary N) is 2. The van der Waals surface area contributed by atoms with Crippen LogP contribution in [-0.2, 0) is 11.3 Å². The fourth-order valence-corrected chi connectivity index (χ4v) is 2.70. The maximum atomic E-state index is 5.73. The van der Waals surface area contributed by atoms with Crippen LogP contribution in [0.3, 0.4) is 0 Å². The number of guanidine groups is 1. The number of benzene rings is 1. The van der Waals surface area contributed by atoms with E-state index in [1.165, 1.54) is 12.8 Å². The lowest BCUT2D eigenvalue weighted by Gasteiger charge is -2.21. The Kier molecular flexibility index (Phi) is 9.65. The molecule has 29 heavy (non-hydrogen) atoms. The molecule has 0 bridgehead atoms. The molecule has 0 saturated heterocycles. The van der Waals surface area contributed by atoms with Crippen molar-refractivity contribution >= 4 is 29.9 Å². The summed E-state index contributed by atoms with van der Waals surface area (Å²) in [5.41, 5.74) is 0.934. The Hall–Kier alpha value is -1.88. The molecular weight excluding hydrogens is 483 g/mol. The van der Waals surface area contributed by atoms with Crippen LogP contribution in [0.1, 0.15) is 25.6 Å². The molecule has 0 aliphatic heterocycles. The minimum atomic E-state index is 0. The molecule has 0 amide bonds. The molecule has 1 fully saturated rings. The van der Waals surface area contributed by atoms with E-state index in [-0.39, 0.29) is 24.0 Å². The highest BCUT2D eigenvalue weighted by Gasteiger charge is 2.21. The maximum Gasteiger partial charge on any atom is 0.194 e. The topological polar surface area (TPSA) is 87.7 Å². The summed E-state index contributed by atoms with van der Waals surface area (Å²) < 4.78 is 10.9. The third-order valence-corrected chi connectivity index (χ3v) is 4.58. The van der Waals surface area contributed by atoms with E-state index in [0.29, 0.717) is 19.0 Å². The Balaban J connectivity index is 0.00000300. The molecule has 8 nitrogen and oxygen atoms in total. The van der Waals surface area contributed by atoms with Crippen LogP contribution in [0.2, 0.25) is 0 Å². The number of aromatic amines is 1. The molecule has 3 rings (SSSR count). The van der Waals surface area contributed by atoms with E-state index in [2.05, 4.69) is 37.3 Å². The standard InChI is InChI=1S/C20H30N6O2.HI/c1-4-21-20(26(2)11-12-28-14-15-5-6-15)22-13-18-23-19(25-24-18)16-7-9-17(27-3)10-8-16;/h7-10,15H,4-6,11-14H2,1-3H3,(H,21,22)(H,23,24,25);1H. The fraction of sp³-hybridized carbons (Fsp3) is 0.550. The van der Waals surface area contributed by atoms with E-state index in [4.69, 9.17) is 9.47 Å². The van der Waals surface area contributed by atoms with Gasteiger partial charge in [-0.25, -0.2) is 9.98 Å². The number of halogens is 1. The summed E-state index contributed by atoms with van der Waals surface area (Å²) in [5, 5.41) is 10.6. The van der Waals surface area contributed by atoms with Gasteiger partial charge in [0.1, 0.15) is 18.1 Å². The molecule has 2 N–H and O–H groups in total. The lowest BCUT2D eigenvalue weighted by Crippen LogP contribution is -2.40. The highest BCUT2D eigenvalue weighted by atomic mass is 127. The number of methoxy groups -OCH3 is 1. The molecule has 160 valence electrons. The molecule has 0 spiro atoms. The van der Waals surface area contributed by atoms with Crippen LogP contribution in [0.15, 0.2) is 29.3 Å². The number of aromatic nitrogens is 3. The van der Waals surface area contributed by atoms with Crippen LogP contribution in [0, 0.1) is 5.92 Å². The van der Waals surface area contributed by atoms with E-state index in [1.807, 2.05) is 31.3 Å². The van der Waals surface area contributed by atoms with Crippen molar-refractivity contribution in [1.82, 2.24) is 25.4 Å². The average molecular weight is 514 g/mol. The van der Waals surface area contributed by atoms with Crippen molar-refractivity contribution in [2.75, 3.05) is 40.5 Å². The highest BCUT2D eigenvalue weighted by Crippen LogP contribution is 2.28. The first-order valence-corrected chi connectivity index (χ1v) is 9.82. The number of hydrogen-bond donors (Lipinski definition) is 2. The van der Waals surface area contributed by atoms with Gasteiger partial charge < -0.3 is 19.7 Å². The molecule has 1 saturated carbocycles. The lowest BCUT2D eigenvalue weighted by molar-refractivity contribution is 0.115. The first-order valence-electron chi connectivity index (χ1n) is 9.82. The normalized spacial score (nSPS) is 13.7. The van der Waals surface area contributed by atoms with E-state index < -0.39 is 0 Å². The summed E-state index contributed by atoms with van der Waals surface area (Å²) in [7, 11) is 3.67. The molecule has 2 aromatic rings. The third kappa shape index (κ3) is 7.46.